The predicted molar refractivity (Wildman–Crippen MR) is 104 cm³/mol. The number of nitrogens with zero attached hydrogens (tertiary/aromatic N) is 3. The number of piperazine rings is 1. The summed E-state index contributed by atoms with van der Waals surface area (Å²) < 4.78 is 6.35. The molecule has 1 fully saturated rings. The highest BCUT2D eigenvalue weighted by Gasteiger charge is 2.25. The molecule has 27 heavy (non-hydrogen) atoms. The summed E-state index contributed by atoms with van der Waals surface area (Å²) in [6.07, 6.45) is 3.63. The first kappa shape index (κ1) is 17.7. The lowest BCUT2D eigenvalue weighted by Gasteiger charge is -2.34. The third kappa shape index (κ3) is 4.03. The second-order valence-electron chi connectivity index (χ2n) is 6.58. The monoisotopic (exact) mass is 383 g/mol. The van der Waals surface area contributed by atoms with Gasteiger partial charge in [-0.05, 0) is 37.1 Å². The molecule has 1 aliphatic rings. The topological polar surface area (TPSA) is 66.7 Å². The Bertz CT molecular complexity index is 894. The van der Waals surface area contributed by atoms with Crippen LogP contribution in [0.4, 0.5) is 0 Å². The molecule has 0 unspecified atom stereocenters. The molecule has 2 aromatic heterocycles. The van der Waals surface area contributed by atoms with Gasteiger partial charge in [0.1, 0.15) is 0 Å². The van der Waals surface area contributed by atoms with Gasteiger partial charge in [0.25, 0.3) is 5.91 Å². The number of amides is 2. The molecule has 3 aromatic rings. The number of hydrogen-bond acceptors (Lipinski definition) is 5. The lowest BCUT2D eigenvalue weighted by molar-refractivity contribution is -0.132. The van der Waals surface area contributed by atoms with Crippen LogP contribution in [0.25, 0.3) is 10.2 Å². The Morgan fingerprint density at radius 2 is 1.81 bits per heavy atom. The number of hydrogen-bond donors (Lipinski definition) is 0. The summed E-state index contributed by atoms with van der Waals surface area (Å²) in [5, 5.41) is 1.08. The van der Waals surface area contributed by atoms with Crippen LogP contribution < -0.4 is 0 Å². The number of benzene rings is 1. The first-order valence-corrected chi connectivity index (χ1v) is 9.97. The fourth-order valence-corrected chi connectivity index (χ4v) is 4.30. The van der Waals surface area contributed by atoms with Gasteiger partial charge in [0.2, 0.25) is 5.91 Å². The van der Waals surface area contributed by atoms with Gasteiger partial charge in [0, 0.05) is 32.6 Å². The SMILES string of the molecule is O=C(CCCc1nc2ccccc2s1)N1CCN(C(=O)c2ccco2)CC1. The number of rotatable bonds is 5. The van der Waals surface area contributed by atoms with Crippen molar-refractivity contribution in [1.29, 1.82) is 0 Å². The molecular formula is C20H21N3O3S. The van der Waals surface area contributed by atoms with Crippen LogP contribution in [0.3, 0.4) is 0 Å². The van der Waals surface area contributed by atoms with E-state index in [4.69, 9.17) is 4.42 Å². The van der Waals surface area contributed by atoms with Crippen molar-refractivity contribution in [3.05, 3.63) is 53.4 Å². The summed E-state index contributed by atoms with van der Waals surface area (Å²) >= 11 is 1.70. The van der Waals surface area contributed by atoms with E-state index in [1.807, 2.05) is 23.1 Å². The zero-order chi connectivity index (χ0) is 18.6. The molecule has 1 aliphatic heterocycles. The van der Waals surface area contributed by atoms with Crippen LogP contribution in [-0.2, 0) is 11.2 Å². The van der Waals surface area contributed by atoms with Crippen LogP contribution in [0.1, 0.15) is 28.4 Å². The number of fused-ring (bicyclic) bond motifs is 1. The first-order chi connectivity index (χ1) is 13.2. The molecule has 140 valence electrons. The summed E-state index contributed by atoms with van der Waals surface area (Å²) in [5.41, 5.74) is 1.03. The third-order valence-electron chi connectivity index (χ3n) is 4.77. The summed E-state index contributed by atoms with van der Waals surface area (Å²) in [6, 6.07) is 11.5. The molecule has 7 heteroatoms. The average molecular weight is 383 g/mol. The fourth-order valence-electron chi connectivity index (χ4n) is 3.29. The van der Waals surface area contributed by atoms with Crippen LogP contribution in [0, 0.1) is 0 Å². The van der Waals surface area contributed by atoms with Gasteiger partial charge in [-0.25, -0.2) is 4.98 Å². The number of furan rings is 1. The van der Waals surface area contributed by atoms with E-state index >= 15 is 0 Å². The summed E-state index contributed by atoms with van der Waals surface area (Å²) in [6.45, 7) is 2.24. The Hall–Kier alpha value is -2.67. The second kappa shape index (κ2) is 7.92. The Morgan fingerprint density at radius 3 is 2.56 bits per heavy atom. The first-order valence-electron chi connectivity index (χ1n) is 9.16. The molecule has 6 nitrogen and oxygen atoms in total. The van der Waals surface area contributed by atoms with E-state index in [9.17, 15) is 9.59 Å². The van der Waals surface area contributed by atoms with Crippen molar-refractivity contribution < 1.29 is 14.0 Å². The molecule has 0 aliphatic carbocycles. The fraction of sp³-hybridized carbons (Fsp3) is 0.350. The van der Waals surface area contributed by atoms with Crippen LogP contribution in [-0.4, -0.2) is 52.8 Å². The summed E-state index contributed by atoms with van der Waals surface area (Å²) in [5.74, 6) is 0.398. The molecule has 0 saturated carbocycles. The molecule has 0 bridgehead atoms. The van der Waals surface area contributed by atoms with E-state index in [0.717, 1.165) is 23.4 Å². The van der Waals surface area contributed by atoms with Crippen LogP contribution >= 0.6 is 11.3 Å². The number of thiazole rings is 1. The van der Waals surface area contributed by atoms with Gasteiger partial charge in [-0.1, -0.05) is 12.1 Å². The minimum absolute atomic E-state index is 0.108. The number of aromatic nitrogens is 1. The Morgan fingerprint density at radius 1 is 1.04 bits per heavy atom. The molecule has 1 saturated heterocycles. The van der Waals surface area contributed by atoms with Crippen LogP contribution in [0.15, 0.2) is 47.1 Å². The lowest BCUT2D eigenvalue weighted by Crippen LogP contribution is -2.50. The van der Waals surface area contributed by atoms with Gasteiger partial charge in [0.05, 0.1) is 21.5 Å². The predicted octanol–water partition coefficient (Wildman–Crippen LogP) is 3.20. The Balaban J connectivity index is 1.23. The Kier molecular flexibility index (Phi) is 5.20. The number of aryl methyl sites for hydroxylation is 1. The van der Waals surface area contributed by atoms with Gasteiger partial charge in [-0.2, -0.15) is 0 Å². The molecule has 4 rings (SSSR count). The van der Waals surface area contributed by atoms with E-state index in [-0.39, 0.29) is 11.8 Å². The number of carbonyl (C=O) groups is 2. The van der Waals surface area contributed by atoms with Crippen molar-refractivity contribution in [2.24, 2.45) is 0 Å². The largest absolute Gasteiger partial charge is 0.459 e. The van der Waals surface area contributed by atoms with E-state index in [0.29, 0.717) is 38.4 Å². The standard InChI is InChI=1S/C20H21N3O3S/c24-19(9-3-8-18-21-15-5-1-2-7-17(15)27-18)22-10-12-23(13-11-22)20(25)16-6-4-14-26-16/h1-2,4-7,14H,3,8-13H2. The number of carbonyl (C=O) groups excluding carboxylic acids is 2. The lowest BCUT2D eigenvalue weighted by atomic mass is 10.2. The molecule has 3 heterocycles. The molecule has 0 N–H and O–H groups in total. The normalized spacial score (nSPS) is 14.7. The maximum Gasteiger partial charge on any atom is 0.289 e. The second-order valence-corrected chi connectivity index (χ2v) is 7.69. The van der Waals surface area contributed by atoms with E-state index < -0.39 is 0 Å². The zero-order valence-electron chi connectivity index (χ0n) is 15.0. The van der Waals surface area contributed by atoms with Crippen molar-refractivity contribution in [3.8, 4) is 0 Å². The molecule has 2 amide bonds. The quantitative estimate of drug-likeness (QED) is 0.679. The third-order valence-corrected chi connectivity index (χ3v) is 5.87. The van der Waals surface area contributed by atoms with Crippen molar-refractivity contribution in [3.63, 3.8) is 0 Å². The summed E-state index contributed by atoms with van der Waals surface area (Å²) in [7, 11) is 0. The van der Waals surface area contributed by atoms with E-state index in [1.54, 1.807) is 28.4 Å². The molecule has 1 aromatic carbocycles. The van der Waals surface area contributed by atoms with Gasteiger partial charge >= 0.3 is 0 Å². The van der Waals surface area contributed by atoms with E-state index in [2.05, 4.69) is 11.1 Å². The molecule has 0 spiro atoms. The highest BCUT2D eigenvalue weighted by molar-refractivity contribution is 7.18. The molecule has 0 radical (unpaired) electrons. The van der Waals surface area contributed by atoms with E-state index in [1.165, 1.54) is 11.0 Å². The van der Waals surface area contributed by atoms with Gasteiger partial charge in [0.15, 0.2) is 5.76 Å². The van der Waals surface area contributed by atoms with Gasteiger partial charge in [-0.15, -0.1) is 11.3 Å². The average Bonchev–Trinajstić information content (AvgIpc) is 3.37. The van der Waals surface area contributed by atoms with Crippen LogP contribution in [0.2, 0.25) is 0 Å². The van der Waals surface area contributed by atoms with Gasteiger partial charge in [-0.3, -0.25) is 9.59 Å². The Labute approximate surface area is 161 Å². The summed E-state index contributed by atoms with van der Waals surface area (Å²) in [4.78, 5) is 32.9. The van der Waals surface area contributed by atoms with Crippen molar-refractivity contribution in [2.75, 3.05) is 26.2 Å². The van der Waals surface area contributed by atoms with Crippen molar-refractivity contribution >= 4 is 33.4 Å². The van der Waals surface area contributed by atoms with Gasteiger partial charge < -0.3 is 14.2 Å². The smallest absolute Gasteiger partial charge is 0.289 e. The minimum atomic E-state index is -0.108. The maximum atomic E-state index is 12.5. The highest BCUT2D eigenvalue weighted by Crippen LogP contribution is 2.23. The van der Waals surface area contributed by atoms with Crippen LogP contribution in [0.5, 0.6) is 0 Å². The molecule has 0 atom stereocenters. The highest BCUT2D eigenvalue weighted by atomic mass is 32.1. The number of para-hydroxylation sites is 1. The molecular weight excluding hydrogens is 362 g/mol. The van der Waals surface area contributed by atoms with Crippen molar-refractivity contribution in [1.82, 2.24) is 14.8 Å². The van der Waals surface area contributed by atoms with Crippen molar-refractivity contribution in [2.45, 2.75) is 19.3 Å². The maximum absolute atomic E-state index is 12.5. The zero-order valence-corrected chi connectivity index (χ0v) is 15.8. The minimum Gasteiger partial charge on any atom is -0.459 e.